The SMILES string of the molecule is CC(C)(C)OC(=O)[C@]12CC[C@H]([C@@H](CC(=O)N=[N+]=[N-])C1)N2C(=O)OCc1ccccc1. The lowest BCUT2D eigenvalue weighted by molar-refractivity contribution is -0.166. The van der Waals surface area contributed by atoms with E-state index in [2.05, 4.69) is 10.0 Å². The number of hydrogen-bond donors (Lipinski definition) is 0. The maximum Gasteiger partial charge on any atom is 0.411 e. The number of carbonyl (C=O) groups is 3. The predicted molar refractivity (Wildman–Crippen MR) is 107 cm³/mol. The number of rotatable bonds is 5. The fourth-order valence-corrected chi connectivity index (χ4v) is 4.45. The van der Waals surface area contributed by atoms with Crippen LogP contribution < -0.4 is 0 Å². The lowest BCUT2D eigenvalue weighted by atomic mass is 9.79. The average molecular weight is 414 g/mol. The third-order valence-electron chi connectivity index (χ3n) is 5.56. The topological polar surface area (TPSA) is 122 Å². The number of benzene rings is 1. The van der Waals surface area contributed by atoms with Gasteiger partial charge in [0, 0.05) is 17.4 Å². The van der Waals surface area contributed by atoms with E-state index in [0.29, 0.717) is 12.8 Å². The molecule has 2 amide bonds. The van der Waals surface area contributed by atoms with Gasteiger partial charge in [-0.25, -0.2) is 9.59 Å². The minimum atomic E-state index is -1.17. The van der Waals surface area contributed by atoms with Crippen molar-refractivity contribution in [1.82, 2.24) is 4.90 Å². The average Bonchev–Trinajstić information content (AvgIpc) is 3.20. The molecule has 30 heavy (non-hydrogen) atoms. The van der Waals surface area contributed by atoms with Crippen LogP contribution >= 0.6 is 0 Å². The van der Waals surface area contributed by atoms with Crippen LogP contribution in [0.2, 0.25) is 0 Å². The van der Waals surface area contributed by atoms with Crippen molar-refractivity contribution >= 4 is 18.0 Å². The maximum absolute atomic E-state index is 13.1. The highest BCUT2D eigenvalue weighted by atomic mass is 16.6. The fraction of sp³-hybridized carbons (Fsp3) is 0.571. The van der Waals surface area contributed by atoms with E-state index in [1.54, 1.807) is 20.8 Å². The molecule has 3 rings (SSSR count). The minimum Gasteiger partial charge on any atom is -0.458 e. The predicted octanol–water partition coefficient (Wildman–Crippen LogP) is 4.12. The normalized spacial score (nSPS) is 24.8. The monoisotopic (exact) mass is 414 g/mol. The summed E-state index contributed by atoms with van der Waals surface area (Å²) in [6.45, 7) is 5.38. The van der Waals surface area contributed by atoms with Crippen LogP contribution in [0.15, 0.2) is 35.4 Å². The van der Waals surface area contributed by atoms with Crippen LogP contribution in [0.3, 0.4) is 0 Å². The minimum absolute atomic E-state index is 0.0261. The summed E-state index contributed by atoms with van der Waals surface area (Å²) >= 11 is 0. The van der Waals surface area contributed by atoms with Crippen molar-refractivity contribution in [3.63, 3.8) is 0 Å². The molecule has 2 aliphatic heterocycles. The zero-order valence-corrected chi connectivity index (χ0v) is 17.4. The first kappa shape index (κ1) is 21.6. The smallest absolute Gasteiger partial charge is 0.411 e. The lowest BCUT2D eigenvalue weighted by Crippen LogP contribution is -2.53. The summed E-state index contributed by atoms with van der Waals surface area (Å²) in [6, 6.07) is 8.91. The van der Waals surface area contributed by atoms with Gasteiger partial charge >= 0.3 is 12.1 Å². The molecular weight excluding hydrogens is 388 g/mol. The highest BCUT2D eigenvalue weighted by Gasteiger charge is 2.64. The van der Waals surface area contributed by atoms with Gasteiger partial charge in [-0.05, 0) is 62.2 Å². The van der Waals surface area contributed by atoms with Crippen molar-refractivity contribution in [1.29, 1.82) is 0 Å². The third-order valence-corrected chi connectivity index (χ3v) is 5.56. The van der Waals surface area contributed by atoms with E-state index in [0.717, 1.165) is 5.56 Å². The van der Waals surface area contributed by atoms with Gasteiger partial charge in [0.2, 0.25) is 5.91 Å². The standard InChI is InChI=1S/C21H26N4O5/c1-20(2,3)30-18(27)21-10-9-16(15(12-21)11-17(26)23-24-22)25(21)19(28)29-13-14-7-5-4-6-8-14/h4-8,15-16H,9-13H2,1-3H3/t15-,16+,21-/m0/s1. The van der Waals surface area contributed by atoms with Crippen LogP contribution in [-0.4, -0.2) is 40.1 Å². The Kier molecular flexibility index (Phi) is 6.03. The largest absolute Gasteiger partial charge is 0.458 e. The van der Waals surface area contributed by atoms with Gasteiger partial charge in [-0.2, -0.15) is 0 Å². The van der Waals surface area contributed by atoms with Gasteiger partial charge in [0.15, 0.2) is 0 Å². The first-order chi connectivity index (χ1) is 14.2. The van der Waals surface area contributed by atoms with Gasteiger partial charge in [-0.15, -0.1) is 0 Å². The Morgan fingerprint density at radius 3 is 2.60 bits per heavy atom. The van der Waals surface area contributed by atoms with E-state index in [1.807, 2.05) is 30.3 Å². The molecule has 0 unspecified atom stereocenters. The van der Waals surface area contributed by atoms with E-state index in [4.69, 9.17) is 15.0 Å². The molecule has 9 heteroatoms. The molecule has 2 fully saturated rings. The number of fused-ring (bicyclic) bond motifs is 2. The summed E-state index contributed by atoms with van der Waals surface area (Å²) in [5.41, 5.74) is 7.45. The third kappa shape index (κ3) is 4.41. The van der Waals surface area contributed by atoms with Crippen LogP contribution in [0, 0.1) is 5.92 Å². The summed E-state index contributed by atoms with van der Waals surface area (Å²) in [4.78, 5) is 42.1. The Morgan fingerprint density at radius 2 is 1.97 bits per heavy atom. The first-order valence-electron chi connectivity index (χ1n) is 9.98. The molecule has 3 atom stereocenters. The molecule has 1 aromatic rings. The molecule has 2 aliphatic rings. The van der Waals surface area contributed by atoms with Crippen molar-refractivity contribution in [3.05, 3.63) is 46.3 Å². The highest BCUT2D eigenvalue weighted by molar-refractivity contribution is 5.88. The summed E-state index contributed by atoms with van der Waals surface area (Å²) < 4.78 is 11.1. The Bertz CT molecular complexity index is 875. The second-order valence-electron chi connectivity index (χ2n) is 8.80. The summed E-state index contributed by atoms with van der Waals surface area (Å²) in [5, 5.41) is 3.14. The summed E-state index contributed by atoms with van der Waals surface area (Å²) in [6.07, 6.45) is 0.639. The van der Waals surface area contributed by atoms with Crippen LogP contribution in [0.25, 0.3) is 10.4 Å². The van der Waals surface area contributed by atoms with Gasteiger partial charge in [0.1, 0.15) is 17.7 Å². The molecule has 0 aliphatic carbocycles. The van der Waals surface area contributed by atoms with Gasteiger partial charge < -0.3 is 9.47 Å². The van der Waals surface area contributed by atoms with Crippen molar-refractivity contribution in [2.75, 3.05) is 0 Å². The Balaban J connectivity index is 1.83. The molecule has 0 saturated carbocycles. The zero-order valence-electron chi connectivity index (χ0n) is 17.4. The van der Waals surface area contributed by atoms with Crippen molar-refractivity contribution in [2.24, 2.45) is 11.0 Å². The highest BCUT2D eigenvalue weighted by Crippen LogP contribution is 2.52. The number of ether oxygens (including phenoxy) is 2. The Morgan fingerprint density at radius 1 is 1.27 bits per heavy atom. The maximum atomic E-state index is 13.1. The molecule has 0 radical (unpaired) electrons. The van der Waals surface area contributed by atoms with Crippen LogP contribution in [0.4, 0.5) is 4.79 Å². The Labute approximate surface area is 174 Å². The molecule has 0 spiro atoms. The molecule has 1 aromatic carbocycles. The van der Waals surface area contributed by atoms with Crippen LogP contribution in [0.5, 0.6) is 0 Å². The second-order valence-corrected chi connectivity index (χ2v) is 8.80. The number of carbonyl (C=O) groups excluding carboxylic acids is 3. The van der Waals surface area contributed by atoms with E-state index in [1.165, 1.54) is 4.90 Å². The fourth-order valence-electron chi connectivity index (χ4n) is 4.45. The van der Waals surface area contributed by atoms with Crippen LogP contribution in [0.1, 0.15) is 52.0 Å². The zero-order chi connectivity index (χ0) is 21.9. The van der Waals surface area contributed by atoms with Crippen LogP contribution in [-0.2, 0) is 25.7 Å². The first-order valence-corrected chi connectivity index (χ1v) is 9.98. The number of hydrogen-bond acceptors (Lipinski definition) is 5. The molecule has 0 N–H and O–H groups in total. The van der Waals surface area contributed by atoms with E-state index in [9.17, 15) is 14.4 Å². The number of nitrogens with zero attached hydrogens (tertiary/aromatic N) is 4. The quantitative estimate of drug-likeness (QED) is 0.310. The van der Waals surface area contributed by atoms with Gasteiger partial charge in [-0.1, -0.05) is 30.3 Å². The van der Waals surface area contributed by atoms with E-state index in [-0.39, 0.29) is 31.4 Å². The molecule has 2 saturated heterocycles. The van der Waals surface area contributed by atoms with E-state index < -0.39 is 29.1 Å². The van der Waals surface area contributed by atoms with Gasteiger partial charge in [0.05, 0.1) is 0 Å². The lowest BCUT2D eigenvalue weighted by Gasteiger charge is -2.34. The molecule has 0 aromatic heterocycles. The number of azide groups is 1. The molecule has 2 bridgehead atoms. The number of amides is 2. The second kappa shape index (κ2) is 8.36. The van der Waals surface area contributed by atoms with Crippen molar-refractivity contribution in [2.45, 2.75) is 70.2 Å². The summed E-state index contributed by atoms with van der Waals surface area (Å²) in [7, 11) is 0. The van der Waals surface area contributed by atoms with E-state index >= 15 is 0 Å². The number of esters is 1. The molecule has 9 nitrogen and oxygen atoms in total. The molecule has 2 heterocycles. The molecular formula is C21H26N4O5. The van der Waals surface area contributed by atoms with Gasteiger partial charge in [-0.3, -0.25) is 9.69 Å². The van der Waals surface area contributed by atoms with Crippen molar-refractivity contribution < 1.29 is 23.9 Å². The van der Waals surface area contributed by atoms with Crippen molar-refractivity contribution in [3.8, 4) is 0 Å². The molecule has 160 valence electrons. The Hall–Kier alpha value is -3.06. The summed E-state index contributed by atoms with van der Waals surface area (Å²) in [5.74, 6) is -1.39. The van der Waals surface area contributed by atoms with Gasteiger partial charge in [0.25, 0.3) is 0 Å².